The summed E-state index contributed by atoms with van der Waals surface area (Å²) in [6.45, 7) is 2.24. The number of rotatable bonds is 0. The molecule has 0 aromatic carbocycles. The van der Waals surface area contributed by atoms with Gasteiger partial charge in [-0.05, 0) is 35.4 Å². The van der Waals surface area contributed by atoms with Crippen LogP contribution in [0.25, 0.3) is 11.3 Å². The first-order valence-corrected chi connectivity index (χ1v) is 5.87. The van der Waals surface area contributed by atoms with Crippen molar-refractivity contribution in [2.45, 2.75) is 18.3 Å². The van der Waals surface area contributed by atoms with Gasteiger partial charge in [0.2, 0.25) is 0 Å². The molecular formula is C13H13N3. The van der Waals surface area contributed by atoms with Crippen molar-refractivity contribution in [1.82, 2.24) is 15.3 Å². The average Bonchev–Trinajstić information content (AvgIpc) is 2.67. The molecule has 0 aromatic rings. The van der Waals surface area contributed by atoms with Gasteiger partial charge in [-0.25, -0.2) is 0 Å². The summed E-state index contributed by atoms with van der Waals surface area (Å²) in [5.74, 6) is 1.38. The highest BCUT2D eigenvalue weighted by Gasteiger charge is 2.38. The van der Waals surface area contributed by atoms with Crippen molar-refractivity contribution >= 4 is 0 Å². The van der Waals surface area contributed by atoms with Crippen LogP contribution in [0.3, 0.4) is 0 Å². The lowest BCUT2D eigenvalue weighted by Gasteiger charge is -2.21. The van der Waals surface area contributed by atoms with Crippen LogP contribution in [-0.4, -0.2) is 23.1 Å². The molecule has 1 fully saturated rings. The number of fused-ring (bicyclic) bond motifs is 7. The molecule has 0 spiro atoms. The largest absolute Gasteiger partial charge is 0.316 e. The SMILES string of the molecule is c1cnc2cc3c(c-2cn1)C1CNCC3C1. The predicted molar refractivity (Wildman–Crippen MR) is 61.6 cm³/mol. The standard InChI is InChI=1S/C13H13N3/c1-2-16-12-4-10-8-3-9(6-15-5-8)13(10)11(12)7-14-1/h1-2,4,7-9,15H,3,5-6H2. The third kappa shape index (κ3) is 1.01. The smallest absolute Gasteiger partial charge is 0.0724 e. The third-order valence-electron chi connectivity index (χ3n) is 3.94. The van der Waals surface area contributed by atoms with Crippen molar-refractivity contribution in [3.63, 3.8) is 0 Å². The summed E-state index contributed by atoms with van der Waals surface area (Å²) < 4.78 is 0. The van der Waals surface area contributed by atoms with Gasteiger partial charge in [0.05, 0.1) is 5.69 Å². The van der Waals surface area contributed by atoms with E-state index in [0.717, 1.165) is 18.8 Å². The van der Waals surface area contributed by atoms with E-state index >= 15 is 0 Å². The maximum atomic E-state index is 4.45. The van der Waals surface area contributed by atoms with Crippen LogP contribution < -0.4 is 5.32 Å². The first-order valence-electron chi connectivity index (χ1n) is 5.87. The molecular weight excluding hydrogens is 198 g/mol. The van der Waals surface area contributed by atoms with Crippen molar-refractivity contribution < 1.29 is 0 Å². The monoisotopic (exact) mass is 211 g/mol. The molecule has 4 rings (SSSR count). The summed E-state index contributed by atoms with van der Waals surface area (Å²) in [6.07, 6.45) is 6.82. The van der Waals surface area contributed by atoms with Crippen LogP contribution in [0.4, 0.5) is 0 Å². The molecule has 0 amide bonds. The molecule has 2 atom stereocenters. The molecule has 2 bridgehead atoms. The Morgan fingerprint density at radius 2 is 2.12 bits per heavy atom. The van der Waals surface area contributed by atoms with Crippen molar-refractivity contribution in [2.75, 3.05) is 13.1 Å². The fourth-order valence-corrected chi connectivity index (χ4v) is 3.30. The van der Waals surface area contributed by atoms with Crippen LogP contribution in [0.15, 0.2) is 24.7 Å². The van der Waals surface area contributed by atoms with E-state index in [0.29, 0.717) is 11.8 Å². The van der Waals surface area contributed by atoms with E-state index in [1.807, 2.05) is 6.20 Å². The van der Waals surface area contributed by atoms with Gasteiger partial charge in [0, 0.05) is 37.2 Å². The van der Waals surface area contributed by atoms with Crippen LogP contribution in [0, 0.1) is 0 Å². The van der Waals surface area contributed by atoms with Gasteiger partial charge in [-0.15, -0.1) is 0 Å². The molecule has 3 heteroatoms. The molecule has 0 radical (unpaired) electrons. The summed E-state index contributed by atoms with van der Waals surface area (Å²) in [5, 5.41) is 3.51. The first-order chi connectivity index (χ1) is 7.93. The Balaban J connectivity index is 2.02. The third-order valence-corrected chi connectivity index (χ3v) is 3.94. The van der Waals surface area contributed by atoms with Crippen molar-refractivity contribution in [3.8, 4) is 11.3 Å². The quantitative estimate of drug-likeness (QED) is 0.721. The second kappa shape index (κ2) is 3.01. The minimum atomic E-state index is 0.678. The lowest BCUT2D eigenvalue weighted by atomic mass is 9.95. The zero-order valence-corrected chi connectivity index (χ0v) is 8.98. The Bertz CT molecular complexity index is 523. The second-order valence-corrected chi connectivity index (χ2v) is 4.81. The van der Waals surface area contributed by atoms with Gasteiger partial charge in [-0.2, -0.15) is 0 Å². The Labute approximate surface area is 94.3 Å². The van der Waals surface area contributed by atoms with E-state index in [2.05, 4.69) is 21.4 Å². The van der Waals surface area contributed by atoms with Crippen LogP contribution in [0.2, 0.25) is 0 Å². The van der Waals surface area contributed by atoms with Gasteiger partial charge in [0.25, 0.3) is 0 Å². The Morgan fingerprint density at radius 1 is 1.19 bits per heavy atom. The Hall–Kier alpha value is -1.48. The minimum Gasteiger partial charge on any atom is -0.316 e. The molecule has 0 aromatic heterocycles. The molecule has 3 nitrogen and oxygen atoms in total. The molecule has 2 heterocycles. The molecule has 0 saturated carbocycles. The molecule has 16 heavy (non-hydrogen) atoms. The summed E-state index contributed by atoms with van der Waals surface area (Å²) in [6, 6.07) is 2.27. The topological polar surface area (TPSA) is 37.8 Å². The second-order valence-electron chi connectivity index (χ2n) is 4.81. The number of piperidine rings is 1. The van der Waals surface area contributed by atoms with E-state index in [-0.39, 0.29) is 0 Å². The van der Waals surface area contributed by atoms with Gasteiger partial charge in [0.15, 0.2) is 0 Å². The molecule has 80 valence electrons. The summed E-state index contributed by atoms with van der Waals surface area (Å²) in [4.78, 5) is 8.71. The van der Waals surface area contributed by atoms with Gasteiger partial charge < -0.3 is 5.32 Å². The van der Waals surface area contributed by atoms with Crippen LogP contribution >= 0.6 is 0 Å². The Morgan fingerprint density at radius 3 is 3.12 bits per heavy atom. The average molecular weight is 211 g/mol. The number of hydrogen-bond acceptors (Lipinski definition) is 3. The van der Waals surface area contributed by atoms with Crippen LogP contribution in [0.1, 0.15) is 29.4 Å². The lowest BCUT2D eigenvalue weighted by Crippen LogP contribution is -2.29. The molecule has 1 N–H and O–H groups in total. The summed E-state index contributed by atoms with van der Waals surface area (Å²) in [5.41, 5.74) is 5.40. The van der Waals surface area contributed by atoms with Crippen molar-refractivity contribution in [1.29, 1.82) is 0 Å². The predicted octanol–water partition coefficient (Wildman–Crippen LogP) is 1.76. The molecule has 2 unspecified atom stereocenters. The first kappa shape index (κ1) is 8.65. The zero-order valence-electron chi connectivity index (χ0n) is 8.98. The van der Waals surface area contributed by atoms with E-state index in [1.54, 1.807) is 12.4 Å². The summed E-state index contributed by atoms with van der Waals surface area (Å²) >= 11 is 0. The highest BCUT2D eigenvalue weighted by Crippen LogP contribution is 2.49. The Kier molecular flexibility index (Phi) is 1.63. The molecule has 1 saturated heterocycles. The van der Waals surface area contributed by atoms with Gasteiger partial charge in [0.1, 0.15) is 0 Å². The maximum Gasteiger partial charge on any atom is 0.0724 e. The highest BCUT2D eigenvalue weighted by molar-refractivity contribution is 5.72. The number of nitrogens with zero attached hydrogens (tertiary/aromatic N) is 2. The van der Waals surface area contributed by atoms with Crippen LogP contribution in [-0.2, 0) is 0 Å². The molecule has 2 aliphatic heterocycles. The van der Waals surface area contributed by atoms with Gasteiger partial charge in [-0.1, -0.05) is 0 Å². The summed E-state index contributed by atoms with van der Waals surface area (Å²) in [7, 11) is 0. The van der Waals surface area contributed by atoms with Crippen molar-refractivity contribution in [2.24, 2.45) is 0 Å². The van der Waals surface area contributed by atoms with Gasteiger partial charge in [-0.3, -0.25) is 9.97 Å². The van der Waals surface area contributed by atoms with E-state index in [9.17, 15) is 0 Å². The maximum absolute atomic E-state index is 4.45. The molecule has 2 aliphatic carbocycles. The van der Waals surface area contributed by atoms with Gasteiger partial charge >= 0.3 is 0 Å². The minimum absolute atomic E-state index is 0.678. The van der Waals surface area contributed by atoms with E-state index < -0.39 is 0 Å². The normalized spacial score (nSPS) is 27.0. The zero-order chi connectivity index (χ0) is 10.5. The highest BCUT2D eigenvalue weighted by atomic mass is 14.9. The van der Waals surface area contributed by atoms with E-state index in [1.165, 1.54) is 23.1 Å². The van der Waals surface area contributed by atoms with Crippen LogP contribution in [0.5, 0.6) is 0 Å². The van der Waals surface area contributed by atoms with Crippen molar-refractivity contribution in [3.05, 3.63) is 35.8 Å². The number of hydrogen-bond donors (Lipinski definition) is 1. The number of nitrogens with one attached hydrogen (secondary N) is 1. The molecule has 4 aliphatic rings. The number of aromatic nitrogens is 2. The fraction of sp³-hybridized carbons (Fsp3) is 0.385. The fourth-order valence-electron chi connectivity index (χ4n) is 3.30. The lowest BCUT2D eigenvalue weighted by molar-refractivity contribution is 0.453. The van der Waals surface area contributed by atoms with E-state index in [4.69, 9.17) is 0 Å².